The van der Waals surface area contributed by atoms with Gasteiger partial charge in [0.15, 0.2) is 11.5 Å². The molecular formula is C23H31N3O5S2. The van der Waals surface area contributed by atoms with E-state index in [9.17, 15) is 13.2 Å². The van der Waals surface area contributed by atoms with E-state index in [0.717, 1.165) is 6.42 Å². The van der Waals surface area contributed by atoms with E-state index in [-0.39, 0.29) is 22.8 Å². The second-order valence-corrected chi connectivity index (χ2v) is 11.5. The summed E-state index contributed by atoms with van der Waals surface area (Å²) in [6.07, 6.45) is 1.76. The van der Waals surface area contributed by atoms with E-state index in [1.54, 1.807) is 29.5 Å². The Morgan fingerprint density at radius 1 is 1.18 bits per heavy atom. The predicted molar refractivity (Wildman–Crippen MR) is 127 cm³/mol. The molecule has 2 aliphatic rings. The summed E-state index contributed by atoms with van der Waals surface area (Å²) in [4.78, 5) is 16.3. The summed E-state index contributed by atoms with van der Waals surface area (Å²) in [6, 6.07) is 8.97. The first-order valence-corrected chi connectivity index (χ1v) is 13.6. The quantitative estimate of drug-likeness (QED) is 0.638. The SMILES string of the molecule is CN(C)C(CNC(=O)C1CCN(S(=O)(=O)c2ccc3c(c2)OCCCO3)CC1)c1cccs1. The number of benzene rings is 1. The van der Waals surface area contributed by atoms with Gasteiger partial charge in [-0.05, 0) is 50.5 Å². The number of thiophene rings is 1. The summed E-state index contributed by atoms with van der Waals surface area (Å²) in [5, 5.41) is 5.11. The van der Waals surface area contributed by atoms with Crippen LogP contribution >= 0.6 is 11.3 Å². The lowest BCUT2D eigenvalue weighted by Gasteiger charge is -2.31. The van der Waals surface area contributed by atoms with Gasteiger partial charge in [-0.15, -0.1) is 11.3 Å². The van der Waals surface area contributed by atoms with Crippen LogP contribution in [0.25, 0.3) is 0 Å². The van der Waals surface area contributed by atoms with E-state index < -0.39 is 10.0 Å². The molecule has 0 bridgehead atoms. The molecule has 0 aliphatic carbocycles. The van der Waals surface area contributed by atoms with Gasteiger partial charge in [0.25, 0.3) is 0 Å². The van der Waals surface area contributed by atoms with Crippen molar-refractivity contribution < 1.29 is 22.7 Å². The van der Waals surface area contributed by atoms with E-state index >= 15 is 0 Å². The standard InChI is InChI=1S/C23H31N3O5S2/c1-25(2)19(22-5-3-14-32-22)16-24-23(27)17-8-10-26(11-9-17)33(28,29)18-6-7-20-21(15-18)31-13-4-12-30-20/h3,5-7,14-15,17,19H,4,8-13,16H2,1-2H3,(H,24,27). The highest BCUT2D eigenvalue weighted by atomic mass is 32.2. The van der Waals surface area contributed by atoms with Crippen molar-refractivity contribution in [3.8, 4) is 11.5 Å². The molecule has 180 valence electrons. The predicted octanol–water partition coefficient (Wildman–Crippen LogP) is 2.73. The second kappa shape index (κ2) is 10.4. The van der Waals surface area contributed by atoms with Crippen LogP contribution in [-0.2, 0) is 14.8 Å². The molecule has 1 atom stereocenters. The van der Waals surface area contributed by atoms with Gasteiger partial charge in [0.2, 0.25) is 15.9 Å². The second-order valence-electron chi connectivity index (χ2n) is 8.58. The largest absolute Gasteiger partial charge is 0.490 e. The molecular weight excluding hydrogens is 462 g/mol. The Labute approximate surface area is 199 Å². The summed E-state index contributed by atoms with van der Waals surface area (Å²) in [7, 11) is 0.337. The molecule has 2 aromatic rings. The Bertz CT molecular complexity index is 1050. The minimum Gasteiger partial charge on any atom is -0.490 e. The van der Waals surface area contributed by atoms with Crippen LogP contribution in [0.15, 0.2) is 40.6 Å². The van der Waals surface area contributed by atoms with Crippen molar-refractivity contribution in [2.75, 3.05) is 46.9 Å². The molecule has 1 aromatic carbocycles. The van der Waals surface area contributed by atoms with Crippen LogP contribution in [0.3, 0.4) is 0 Å². The number of ether oxygens (including phenoxy) is 2. The number of hydrogen-bond acceptors (Lipinski definition) is 7. The molecule has 10 heteroatoms. The van der Waals surface area contributed by atoms with Crippen molar-refractivity contribution >= 4 is 27.3 Å². The molecule has 0 spiro atoms. The number of nitrogens with zero attached hydrogens (tertiary/aromatic N) is 2. The first kappa shape index (κ1) is 24.0. The fourth-order valence-electron chi connectivity index (χ4n) is 4.17. The molecule has 33 heavy (non-hydrogen) atoms. The molecule has 1 saturated heterocycles. The third-order valence-electron chi connectivity index (χ3n) is 6.15. The smallest absolute Gasteiger partial charge is 0.243 e. The molecule has 3 heterocycles. The van der Waals surface area contributed by atoms with Gasteiger partial charge >= 0.3 is 0 Å². The minimum atomic E-state index is -3.66. The lowest BCUT2D eigenvalue weighted by molar-refractivity contribution is -0.126. The molecule has 0 saturated carbocycles. The van der Waals surface area contributed by atoms with Gasteiger partial charge in [-0.25, -0.2) is 8.42 Å². The van der Waals surface area contributed by atoms with Crippen molar-refractivity contribution in [1.29, 1.82) is 0 Å². The van der Waals surface area contributed by atoms with Crippen LogP contribution in [0, 0.1) is 5.92 Å². The van der Waals surface area contributed by atoms with Gasteiger partial charge in [-0.1, -0.05) is 6.07 Å². The monoisotopic (exact) mass is 493 g/mol. The van der Waals surface area contributed by atoms with Gasteiger partial charge in [0.05, 0.1) is 24.2 Å². The number of fused-ring (bicyclic) bond motifs is 1. The topological polar surface area (TPSA) is 88.2 Å². The Kier molecular flexibility index (Phi) is 7.58. The third kappa shape index (κ3) is 5.51. The highest BCUT2D eigenvalue weighted by Crippen LogP contribution is 2.34. The average Bonchev–Trinajstić information content (AvgIpc) is 3.23. The molecule has 0 radical (unpaired) electrons. The molecule has 1 fully saturated rings. The molecule has 2 aliphatic heterocycles. The van der Waals surface area contributed by atoms with Crippen molar-refractivity contribution in [1.82, 2.24) is 14.5 Å². The lowest BCUT2D eigenvalue weighted by Crippen LogP contribution is -2.44. The lowest BCUT2D eigenvalue weighted by atomic mass is 9.97. The number of likely N-dealkylation sites (N-methyl/N-ethyl adjacent to an activating group) is 1. The summed E-state index contributed by atoms with van der Waals surface area (Å²) < 4.78 is 39.1. The zero-order valence-corrected chi connectivity index (χ0v) is 20.7. The maximum absolute atomic E-state index is 13.2. The maximum atomic E-state index is 13.2. The molecule has 1 N–H and O–H groups in total. The van der Waals surface area contributed by atoms with E-state index in [1.165, 1.54) is 9.18 Å². The number of nitrogens with one attached hydrogen (secondary N) is 1. The Balaban J connectivity index is 1.34. The Hall–Kier alpha value is -2.14. The van der Waals surface area contributed by atoms with Crippen molar-refractivity contribution in [3.05, 3.63) is 40.6 Å². The van der Waals surface area contributed by atoms with Gasteiger partial charge in [-0.2, -0.15) is 4.31 Å². The average molecular weight is 494 g/mol. The van der Waals surface area contributed by atoms with Crippen molar-refractivity contribution in [3.63, 3.8) is 0 Å². The summed E-state index contributed by atoms with van der Waals surface area (Å²) in [6.45, 7) is 2.21. The van der Waals surface area contributed by atoms with Crippen LogP contribution in [0.4, 0.5) is 0 Å². The van der Waals surface area contributed by atoms with E-state index in [4.69, 9.17) is 9.47 Å². The number of piperidine rings is 1. The zero-order chi connectivity index (χ0) is 23.4. The summed E-state index contributed by atoms with van der Waals surface area (Å²) in [5.41, 5.74) is 0. The molecule has 1 aromatic heterocycles. The zero-order valence-electron chi connectivity index (χ0n) is 19.0. The van der Waals surface area contributed by atoms with E-state index in [1.807, 2.05) is 25.5 Å². The van der Waals surface area contributed by atoms with Gasteiger partial charge in [-0.3, -0.25) is 4.79 Å². The molecule has 1 unspecified atom stereocenters. The Morgan fingerprint density at radius 2 is 1.91 bits per heavy atom. The summed E-state index contributed by atoms with van der Waals surface area (Å²) in [5.74, 6) is 0.835. The number of carbonyl (C=O) groups is 1. The molecule has 4 rings (SSSR count). The molecule has 1 amide bonds. The van der Waals surface area contributed by atoms with Crippen LogP contribution in [0.2, 0.25) is 0 Å². The fourth-order valence-corrected chi connectivity index (χ4v) is 6.58. The van der Waals surface area contributed by atoms with Crippen LogP contribution in [0.5, 0.6) is 11.5 Å². The number of rotatable bonds is 7. The number of sulfonamides is 1. The number of hydrogen-bond donors (Lipinski definition) is 1. The van der Waals surface area contributed by atoms with E-state index in [0.29, 0.717) is 57.2 Å². The van der Waals surface area contributed by atoms with Gasteiger partial charge in [0, 0.05) is 42.9 Å². The highest BCUT2D eigenvalue weighted by molar-refractivity contribution is 7.89. The fraction of sp³-hybridized carbons (Fsp3) is 0.522. The van der Waals surface area contributed by atoms with Crippen LogP contribution < -0.4 is 14.8 Å². The van der Waals surface area contributed by atoms with Crippen LogP contribution in [0.1, 0.15) is 30.2 Å². The first-order chi connectivity index (χ1) is 15.9. The van der Waals surface area contributed by atoms with Crippen molar-refractivity contribution in [2.45, 2.75) is 30.2 Å². The normalized spacial score (nSPS) is 18.6. The van der Waals surface area contributed by atoms with E-state index in [2.05, 4.69) is 16.3 Å². The minimum absolute atomic E-state index is 0.00830. The summed E-state index contributed by atoms with van der Waals surface area (Å²) >= 11 is 1.67. The van der Waals surface area contributed by atoms with Crippen LogP contribution in [-0.4, -0.2) is 70.5 Å². The van der Waals surface area contributed by atoms with Gasteiger partial charge in [0.1, 0.15) is 0 Å². The first-order valence-electron chi connectivity index (χ1n) is 11.2. The number of amides is 1. The van der Waals surface area contributed by atoms with Crippen molar-refractivity contribution in [2.24, 2.45) is 5.92 Å². The van der Waals surface area contributed by atoms with Gasteiger partial charge < -0.3 is 19.7 Å². The highest BCUT2D eigenvalue weighted by Gasteiger charge is 2.33. The molecule has 8 nitrogen and oxygen atoms in total. The maximum Gasteiger partial charge on any atom is 0.243 e. The Morgan fingerprint density at radius 3 is 2.58 bits per heavy atom. The third-order valence-corrected chi connectivity index (χ3v) is 9.01. The number of carbonyl (C=O) groups excluding carboxylic acids is 1.